The van der Waals surface area contributed by atoms with Crippen LogP contribution in [0.3, 0.4) is 0 Å². The Morgan fingerprint density at radius 3 is 2.33 bits per heavy atom. The first-order valence-electron chi connectivity index (χ1n) is 13.8. The van der Waals surface area contributed by atoms with Crippen LogP contribution >= 0.6 is 0 Å². The molecule has 0 aromatic heterocycles. The van der Waals surface area contributed by atoms with Gasteiger partial charge in [0, 0.05) is 30.9 Å². The fraction of sp³-hybridized carbons (Fsp3) is 0.548. The highest BCUT2D eigenvalue weighted by Gasteiger charge is 2.33. The Balaban J connectivity index is 2.08. The summed E-state index contributed by atoms with van der Waals surface area (Å²) in [5.41, 5.74) is 3.60. The van der Waals surface area contributed by atoms with Crippen LogP contribution < -0.4 is 9.47 Å². The van der Waals surface area contributed by atoms with Crippen molar-refractivity contribution in [3.05, 3.63) is 46.2 Å². The molecule has 0 aliphatic carbocycles. The Labute approximate surface area is 247 Å². The smallest absolute Gasteiger partial charge is 0.342 e. The number of unbranched alkanes of at least 4 members (excludes halogenated alkanes) is 1. The average Bonchev–Trinajstić information content (AvgIpc) is 3.34. The molecule has 1 aromatic rings. The van der Waals surface area contributed by atoms with Crippen LogP contribution in [0, 0.1) is 6.92 Å². The molecule has 1 aliphatic heterocycles. The Kier molecular flexibility index (Phi) is 13.9. The molecule has 0 saturated heterocycles. The van der Waals surface area contributed by atoms with Crippen LogP contribution in [0.5, 0.6) is 11.5 Å². The second-order valence-electron chi connectivity index (χ2n) is 9.96. The van der Waals surface area contributed by atoms with E-state index < -0.39 is 24.0 Å². The van der Waals surface area contributed by atoms with Crippen molar-refractivity contribution in [2.75, 3.05) is 34.0 Å². The standard InChI is InChI=1S/C31H42O11/c1-19(2)39-16-23(17-40-22(5)32)42-27(34)10-8-9-15-38-30-24(13-11-20(3)12-14-26(33)36-6)29(37-7)21(4)25-18-41-31(35)28(25)30/h11,23H,1,8-10,12-18H2,2-7H3/b20-11+. The maximum Gasteiger partial charge on any atom is 0.342 e. The summed E-state index contributed by atoms with van der Waals surface area (Å²) in [6, 6.07) is 0. The van der Waals surface area contributed by atoms with E-state index in [4.69, 9.17) is 33.2 Å². The predicted molar refractivity (Wildman–Crippen MR) is 152 cm³/mol. The number of carbonyl (C=O) groups is 4. The Hall–Kier alpha value is -4.02. The second-order valence-corrected chi connectivity index (χ2v) is 9.96. The Morgan fingerprint density at radius 2 is 1.69 bits per heavy atom. The number of methoxy groups -OCH3 is 2. The molecule has 0 amide bonds. The van der Waals surface area contributed by atoms with Crippen molar-refractivity contribution in [1.29, 1.82) is 0 Å². The van der Waals surface area contributed by atoms with Crippen molar-refractivity contribution in [2.24, 2.45) is 0 Å². The van der Waals surface area contributed by atoms with E-state index in [0.29, 0.717) is 54.1 Å². The monoisotopic (exact) mass is 590 g/mol. The van der Waals surface area contributed by atoms with Crippen molar-refractivity contribution in [1.82, 2.24) is 0 Å². The summed E-state index contributed by atoms with van der Waals surface area (Å²) in [6.45, 7) is 10.6. The zero-order chi connectivity index (χ0) is 31.2. The van der Waals surface area contributed by atoms with Gasteiger partial charge in [-0.1, -0.05) is 18.2 Å². The highest BCUT2D eigenvalue weighted by molar-refractivity contribution is 5.98. The number of rotatable bonds is 18. The molecule has 1 unspecified atom stereocenters. The van der Waals surface area contributed by atoms with E-state index in [-0.39, 0.29) is 45.2 Å². The maximum absolute atomic E-state index is 12.7. The number of hydrogen-bond acceptors (Lipinski definition) is 11. The molecular weight excluding hydrogens is 548 g/mol. The van der Waals surface area contributed by atoms with Crippen LogP contribution in [0.2, 0.25) is 0 Å². The lowest BCUT2D eigenvalue weighted by atomic mass is 9.94. The number of benzene rings is 1. The SMILES string of the molecule is C=C(C)OCC(COC(C)=O)OC(=O)CCCCOc1c(C/C=C(\C)CCC(=O)OC)c(OC)c(C)c2c1C(=O)OC2. The van der Waals surface area contributed by atoms with E-state index in [1.165, 1.54) is 14.0 Å². The van der Waals surface area contributed by atoms with Gasteiger partial charge in [0.2, 0.25) is 0 Å². The first kappa shape index (κ1) is 34.2. The number of fused-ring (bicyclic) bond motifs is 1. The van der Waals surface area contributed by atoms with E-state index in [2.05, 4.69) is 6.58 Å². The minimum absolute atomic E-state index is 0.0211. The molecule has 0 N–H and O–H groups in total. The lowest BCUT2D eigenvalue weighted by Gasteiger charge is -2.20. The predicted octanol–water partition coefficient (Wildman–Crippen LogP) is 4.69. The van der Waals surface area contributed by atoms with Gasteiger partial charge in [-0.15, -0.1) is 0 Å². The molecular formula is C31H42O11. The summed E-state index contributed by atoms with van der Waals surface area (Å²) >= 11 is 0. The summed E-state index contributed by atoms with van der Waals surface area (Å²) in [7, 11) is 2.92. The van der Waals surface area contributed by atoms with Gasteiger partial charge in [-0.2, -0.15) is 0 Å². The fourth-order valence-electron chi connectivity index (χ4n) is 4.30. The van der Waals surface area contributed by atoms with E-state index in [9.17, 15) is 19.2 Å². The molecule has 0 fully saturated rings. The maximum atomic E-state index is 12.7. The third-order valence-electron chi connectivity index (χ3n) is 6.54. The van der Waals surface area contributed by atoms with Crippen molar-refractivity contribution >= 4 is 23.9 Å². The quantitative estimate of drug-likeness (QED) is 0.0775. The lowest BCUT2D eigenvalue weighted by molar-refractivity contribution is -0.161. The molecule has 11 nitrogen and oxygen atoms in total. The summed E-state index contributed by atoms with van der Waals surface area (Å²) in [5, 5.41) is 0. The minimum atomic E-state index is -0.755. The Bertz CT molecular complexity index is 1160. The zero-order valence-electron chi connectivity index (χ0n) is 25.4. The molecule has 0 radical (unpaired) electrons. The topological polar surface area (TPSA) is 133 Å². The number of ether oxygens (including phenoxy) is 7. The first-order chi connectivity index (χ1) is 20.0. The molecule has 1 heterocycles. The highest BCUT2D eigenvalue weighted by Crippen LogP contribution is 2.43. The molecule has 2 rings (SSSR count). The van der Waals surface area contributed by atoms with Gasteiger partial charge in [0.15, 0.2) is 6.10 Å². The van der Waals surface area contributed by atoms with Crippen LogP contribution in [0.15, 0.2) is 24.0 Å². The number of hydrogen-bond donors (Lipinski definition) is 0. The van der Waals surface area contributed by atoms with Crippen LogP contribution in [0.4, 0.5) is 0 Å². The molecule has 0 saturated carbocycles. The minimum Gasteiger partial charge on any atom is -0.496 e. The third kappa shape index (κ3) is 10.4. The number of carbonyl (C=O) groups excluding carboxylic acids is 4. The van der Waals surface area contributed by atoms with Crippen molar-refractivity contribution in [3.8, 4) is 11.5 Å². The normalized spacial score (nSPS) is 13.0. The van der Waals surface area contributed by atoms with Gasteiger partial charge in [-0.25, -0.2) is 4.79 Å². The van der Waals surface area contributed by atoms with Gasteiger partial charge in [-0.3, -0.25) is 14.4 Å². The average molecular weight is 591 g/mol. The molecule has 1 aromatic carbocycles. The van der Waals surface area contributed by atoms with Gasteiger partial charge in [0.25, 0.3) is 0 Å². The van der Waals surface area contributed by atoms with Gasteiger partial charge in [-0.05, 0) is 52.0 Å². The van der Waals surface area contributed by atoms with Crippen LogP contribution in [-0.2, 0) is 51.1 Å². The summed E-state index contributed by atoms with van der Waals surface area (Å²) in [4.78, 5) is 47.8. The van der Waals surface area contributed by atoms with Crippen LogP contribution in [0.1, 0.15) is 79.9 Å². The first-order valence-corrected chi connectivity index (χ1v) is 13.8. The van der Waals surface area contributed by atoms with Gasteiger partial charge in [0.1, 0.15) is 36.9 Å². The fourth-order valence-corrected chi connectivity index (χ4v) is 4.30. The molecule has 42 heavy (non-hydrogen) atoms. The van der Waals surface area contributed by atoms with E-state index in [1.54, 1.807) is 14.0 Å². The summed E-state index contributed by atoms with van der Waals surface area (Å²) in [6.07, 6.45) is 3.50. The van der Waals surface area contributed by atoms with E-state index in [1.807, 2.05) is 19.9 Å². The largest absolute Gasteiger partial charge is 0.496 e. The van der Waals surface area contributed by atoms with Crippen molar-refractivity contribution < 1.29 is 52.3 Å². The zero-order valence-corrected chi connectivity index (χ0v) is 25.4. The third-order valence-corrected chi connectivity index (χ3v) is 6.54. The summed E-state index contributed by atoms with van der Waals surface area (Å²) in [5.74, 6) is -0.246. The molecule has 232 valence electrons. The van der Waals surface area contributed by atoms with Gasteiger partial charge < -0.3 is 33.2 Å². The second kappa shape index (κ2) is 17.1. The molecule has 1 atom stereocenters. The number of esters is 4. The highest BCUT2D eigenvalue weighted by atomic mass is 16.6. The molecule has 0 spiro atoms. The van der Waals surface area contributed by atoms with Crippen molar-refractivity contribution in [2.45, 2.75) is 78.9 Å². The number of cyclic esters (lactones) is 1. The molecule has 0 bridgehead atoms. The lowest BCUT2D eigenvalue weighted by Crippen LogP contribution is -2.29. The van der Waals surface area contributed by atoms with E-state index in [0.717, 1.165) is 16.7 Å². The van der Waals surface area contributed by atoms with Crippen LogP contribution in [0.25, 0.3) is 0 Å². The molecule has 1 aliphatic rings. The van der Waals surface area contributed by atoms with Crippen LogP contribution in [-0.4, -0.2) is 64.0 Å². The van der Waals surface area contributed by atoms with Gasteiger partial charge >= 0.3 is 23.9 Å². The van der Waals surface area contributed by atoms with Gasteiger partial charge in [0.05, 0.1) is 26.6 Å². The summed E-state index contributed by atoms with van der Waals surface area (Å²) < 4.78 is 37.6. The van der Waals surface area contributed by atoms with Crippen molar-refractivity contribution in [3.63, 3.8) is 0 Å². The Morgan fingerprint density at radius 1 is 0.976 bits per heavy atom. The van der Waals surface area contributed by atoms with E-state index >= 15 is 0 Å². The molecule has 11 heteroatoms. The number of allylic oxidation sites excluding steroid dienone is 3.